The number of nitrogens with two attached hydrogens (primary N) is 1. The molecule has 0 atom stereocenters. The minimum absolute atomic E-state index is 0.194. The van der Waals surface area contributed by atoms with Crippen molar-refractivity contribution in [3.63, 3.8) is 0 Å². The summed E-state index contributed by atoms with van der Waals surface area (Å²) in [4.78, 5) is 9.16. The molecule has 0 rings (SSSR count). The molecule has 0 aliphatic carbocycles. The molecule has 0 aliphatic heterocycles. The molecule has 3 heteroatoms. The fraction of sp³-hybridized carbons (Fsp3) is 0. The van der Waals surface area contributed by atoms with E-state index < -0.39 is 5.91 Å². The van der Waals surface area contributed by atoms with Gasteiger partial charge in [0.2, 0.25) is 6.67 Å². The number of halogens is 1. The Hall–Kier alpha value is -0.600. The molecular weight excluding hydrogens is 73.0 g/mol. The van der Waals surface area contributed by atoms with Crippen molar-refractivity contribution in [3.05, 3.63) is 6.67 Å². The summed E-state index contributed by atoms with van der Waals surface area (Å²) in [7, 11) is 0. The van der Waals surface area contributed by atoms with E-state index in [-0.39, 0.29) is 6.67 Å². The van der Waals surface area contributed by atoms with Gasteiger partial charge in [-0.3, -0.25) is 4.79 Å². The predicted molar refractivity (Wildman–Crippen MR) is 14.6 cm³/mol. The molecule has 2 nitrogen and oxygen atoms in total. The highest BCUT2D eigenvalue weighted by molar-refractivity contribution is 5.80. The zero-order chi connectivity index (χ0) is 4.28. The average Bonchev–Trinajstić information content (AvgIpc) is 1.38. The van der Waals surface area contributed by atoms with Crippen LogP contribution in [-0.2, 0) is 4.79 Å². The van der Waals surface area contributed by atoms with Crippen molar-refractivity contribution in [2.75, 3.05) is 0 Å². The minimum Gasteiger partial charge on any atom is -0.367 e. The molecular formula is C2H3FNO. The zero-order valence-corrected chi connectivity index (χ0v) is 2.44. The number of hydrogen-bond acceptors (Lipinski definition) is 1. The smallest absolute Gasteiger partial charge is 0.255 e. The lowest BCUT2D eigenvalue weighted by atomic mass is 10.7. The molecule has 0 aromatic heterocycles. The van der Waals surface area contributed by atoms with Gasteiger partial charge in [0.25, 0.3) is 5.91 Å². The minimum atomic E-state index is -1.04. The Labute approximate surface area is 28.8 Å². The van der Waals surface area contributed by atoms with Gasteiger partial charge in [-0.1, -0.05) is 0 Å². The van der Waals surface area contributed by atoms with Crippen molar-refractivity contribution < 1.29 is 9.18 Å². The lowest BCUT2D eigenvalue weighted by molar-refractivity contribution is -0.116. The lowest BCUT2D eigenvalue weighted by Crippen LogP contribution is -2.07. The summed E-state index contributed by atoms with van der Waals surface area (Å²) in [6.07, 6.45) is 0. The standard InChI is InChI=1S/C2H3FNO/c3-1-2(4)5/h1H,(H2,4,5). The van der Waals surface area contributed by atoms with Gasteiger partial charge in [0.1, 0.15) is 0 Å². The fourth-order valence-corrected chi connectivity index (χ4v) is 0. The molecule has 0 aromatic rings. The van der Waals surface area contributed by atoms with Crippen LogP contribution in [0.4, 0.5) is 4.39 Å². The van der Waals surface area contributed by atoms with Crippen LogP contribution < -0.4 is 5.73 Å². The van der Waals surface area contributed by atoms with Gasteiger partial charge in [-0.15, -0.1) is 0 Å². The molecule has 0 aromatic carbocycles. The van der Waals surface area contributed by atoms with Crippen LogP contribution in [0.5, 0.6) is 0 Å². The number of hydrogen-bond donors (Lipinski definition) is 1. The summed E-state index contributed by atoms with van der Waals surface area (Å²) >= 11 is 0. The van der Waals surface area contributed by atoms with Crippen molar-refractivity contribution in [3.8, 4) is 0 Å². The molecule has 0 fully saturated rings. The molecule has 0 spiro atoms. The molecule has 0 bridgehead atoms. The maximum Gasteiger partial charge on any atom is 0.255 e. The highest BCUT2D eigenvalue weighted by Gasteiger charge is 1.83. The Balaban J connectivity index is 2.85. The first kappa shape index (κ1) is 4.40. The van der Waals surface area contributed by atoms with Crippen LogP contribution in [0.3, 0.4) is 0 Å². The SMILES string of the molecule is NC(=O)[CH]F. The van der Waals surface area contributed by atoms with Crippen molar-refractivity contribution in [2.24, 2.45) is 5.73 Å². The van der Waals surface area contributed by atoms with E-state index >= 15 is 0 Å². The number of primary amides is 1. The van der Waals surface area contributed by atoms with E-state index in [0.717, 1.165) is 0 Å². The molecule has 0 heterocycles. The molecule has 5 heavy (non-hydrogen) atoms. The Bertz CT molecular complexity index is 44.9. The second kappa shape index (κ2) is 1.69. The van der Waals surface area contributed by atoms with Crippen molar-refractivity contribution in [2.45, 2.75) is 0 Å². The van der Waals surface area contributed by atoms with Crippen molar-refractivity contribution in [1.82, 2.24) is 0 Å². The van der Waals surface area contributed by atoms with Crippen LogP contribution in [-0.4, -0.2) is 5.91 Å². The third-order valence-electron chi connectivity index (χ3n) is 0.108. The van der Waals surface area contributed by atoms with E-state index in [1.807, 2.05) is 0 Å². The Morgan fingerprint density at radius 3 is 2.20 bits per heavy atom. The van der Waals surface area contributed by atoms with Crippen molar-refractivity contribution >= 4 is 5.91 Å². The van der Waals surface area contributed by atoms with Crippen LogP contribution in [0.25, 0.3) is 0 Å². The summed E-state index contributed by atoms with van der Waals surface area (Å²) < 4.78 is 10.5. The molecule has 0 saturated heterocycles. The fourth-order valence-electron chi connectivity index (χ4n) is 0. The van der Waals surface area contributed by atoms with Gasteiger partial charge in [0.15, 0.2) is 0 Å². The van der Waals surface area contributed by atoms with Crippen LogP contribution in [0.1, 0.15) is 0 Å². The normalized spacial score (nSPS) is 7.40. The second-order valence-electron chi connectivity index (χ2n) is 0.511. The van der Waals surface area contributed by atoms with Crippen LogP contribution in [0.2, 0.25) is 0 Å². The summed E-state index contributed by atoms with van der Waals surface area (Å²) in [5, 5.41) is 0. The first-order chi connectivity index (χ1) is 2.27. The van der Waals surface area contributed by atoms with Crippen LogP contribution >= 0.6 is 0 Å². The first-order valence-corrected chi connectivity index (χ1v) is 1.000. The van der Waals surface area contributed by atoms with Gasteiger partial charge in [0.05, 0.1) is 0 Å². The first-order valence-electron chi connectivity index (χ1n) is 1.000. The van der Waals surface area contributed by atoms with E-state index in [1.54, 1.807) is 0 Å². The van der Waals surface area contributed by atoms with Gasteiger partial charge >= 0.3 is 0 Å². The third kappa shape index (κ3) is 3.40. The Morgan fingerprint density at radius 2 is 2.20 bits per heavy atom. The maximum atomic E-state index is 10.5. The van der Waals surface area contributed by atoms with Crippen molar-refractivity contribution in [1.29, 1.82) is 0 Å². The van der Waals surface area contributed by atoms with Crippen LogP contribution in [0, 0.1) is 6.67 Å². The van der Waals surface area contributed by atoms with E-state index in [1.165, 1.54) is 0 Å². The van der Waals surface area contributed by atoms with Gasteiger partial charge < -0.3 is 5.73 Å². The molecule has 0 saturated carbocycles. The monoisotopic (exact) mass is 76.0 g/mol. The topological polar surface area (TPSA) is 43.1 Å². The predicted octanol–water partition coefficient (Wildman–Crippen LogP) is -0.397. The maximum absolute atomic E-state index is 10.5. The van der Waals surface area contributed by atoms with Gasteiger partial charge in [-0.05, 0) is 0 Å². The lowest BCUT2D eigenvalue weighted by Gasteiger charge is -1.68. The number of amides is 1. The summed E-state index contributed by atoms with van der Waals surface area (Å²) in [6.45, 7) is -0.194. The molecule has 0 unspecified atom stereocenters. The Morgan fingerprint density at radius 1 is 2.00 bits per heavy atom. The van der Waals surface area contributed by atoms with E-state index in [0.29, 0.717) is 0 Å². The molecule has 2 N–H and O–H groups in total. The number of carbonyl (C=O) groups excluding carboxylic acids is 1. The largest absolute Gasteiger partial charge is 0.367 e. The zero-order valence-electron chi connectivity index (χ0n) is 2.44. The molecule has 29 valence electrons. The summed E-state index contributed by atoms with van der Waals surface area (Å²) in [5.41, 5.74) is 4.22. The van der Waals surface area contributed by atoms with Gasteiger partial charge in [0, 0.05) is 0 Å². The van der Waals surface area contributed by atoms with Gasteiger partial charge in [-0.2, -0.15) is 0 Å². The van der Waals surface area contributed by atoms with Crippen LogP contribution in [0.15, 0.2) is 0 Å². The number of carbonyl (C=O) groups is 1. The molecule has 1 radical (unpaired) electrons. The highest BCUT2D eigenvalue weighted by Crippen LogP contribution is 1.66. The molecule has 1 amide bonds. The van der Waals surface area contributed by atoms with E-state index in [9.17, 15) is 4.39 Å². The second-order valence-corrected chi connectivity index (χ2v) is 0.511. The van der Waals surface area contributed by atoms with E-state index in [4.69, 9.17) is 4.79 Å². The highest BCUT2D eigenvalue weighted by atomic mass is 19.1. The average molecular weight is 76.0 g/mol. The Kier molecular flexibility index (Phi) is 1.49. The number of rotatable bonds is 1. The van der Waals surface area contributed by atoms with Gasteiger partial charge in [-0.25, -0.2) is 4.39 Å². The summed E-state index contributed by atoms with van der Waals surface area (Å²) in [5.74, 6) is -1.04. The molecule has 0 aliphatic rings. The summed E-state index contributed by atoms with van der Waals surface area (Å²) in [6, 6.07) is 0. The third-order valence-corrected chi connectivity index (χ3v) is 0.108. The quantitative estimate of drug-likeness (QED) is 0.453. The van der Waals surface area contributed by atoms with E-state index in [2.05, 4.69) is 5.73 Å².